The van der Waals surface area contributed by atoms with Crippen molar-refractivity contribution in [2.24, 2.45) is 4.99 Å². The topological polar surface area (TPSA) is 60.3 Å². The summed E-state index contributed by atoms with van der Waals surface area (Å²) < 4.78 is 19.2. The van der Waals surface area contributed by atoms with Gasteiger partial charge in [-0.05, 0) is 37.1 Å². The molecule has 0 radical (unpaired) electrons. The summed E-state index contributed by atoms with van der Waals surface area (Å²) in [6.07, 6.45) is 0.639. The summed E-state index contributed by atoms with van der Waals surface area (Å²) in [5.74, 6) is 1.54. The van der Waals surface area contributed by atoms with E-state index < -0.39 is 0 Å². The van der Waals surface area contributed by atoms with Gasteiger partial charge < -0.3 is 25.0 Å². The highest BCUT2D eigenvalue weighted by Gasteiger charge is 2.21. The van der Waals surface area contributed by atoms with Gasteiger partial charge in [-0.1, -0.05) is 18.2 Å². The Bertz CT molecular complexity index is 835. The van der Waals surface area contributed by atoms with E-state index in [0.717, 1.165) is 44.2 Å². The van der Waals surface area contributed by atoms with Crippen LogP contribution in [0.2, 0.25) is 0 Å². The van der Waals surface area contributed by atoms with Crippen LogP contribution in [0.15, 0.2) is 47.5 Å². The number of benzene rings is 2. The second-order valence-corrected chi connectivity index (χ2v) is 6.91. The number of anilines is 1. The summed E-state index contributed by atoms with van der Waals surface area (Å²) in [4.78, 5) is 9.01. The Morgan fingerprint density at radius 1 is 1.17 bits per heavy atom. The largest absolute Gasteiger partial charge is 0.508 e. The number of nitrogens with zero attached hydrogens (tertiary/aromatic N) is 3. The zero-order valence-corrected chi connectivity index (χ0v) is 17.1. The molecule has 0 aliphatic carbocycles. The molecule has 6 nitrogen and oxygen atoms in total. The number of piperazine rings is 1. The molecule has 2 N–H and O–H groups in total. The molecule has 1 heterocycles. The van der Waals surface area contributed by atoms with E-state index in [2.05, 4.69) is 15.1 Å². The Hall–Kier alpha value is -2.96. The number of guanidine groups is 1. The van der Waals surface area contributed by atoms with E-state index in [4.69, 9.17) is 9.73 Å². The van der Waals surface area contributed by atoms with Gasteiger partial charge in [0.05, 0.1) is 12.8 Å². The number of ether oxygens (including phenoxy) is 1. The third kappa shape index (κ3) is 5.31. The van der Waals surface area contributed by atoms with Crippen LogP contribution in [-0.4, -0.2) is 62.3 Å². The van der Waals surface area contributed by atoms with Gasteiger partial charge in [-0.3, -0.25) is 4.99 Å². The lowest BCUT2D eigenvalue weighted by Crippen LogP contribution is -2.52. The lowest BCUT2D eigenvalue weighted by Gasteiger charge is -2.37. The van der Waals surface area contributed by atoms with Crippen molar-refractivity contribution >= 4 is 11.6 Å². The third-order valence-corrected chi connectivity index (χ3v) is 5.04. The van der Waals surface area contributed by atoms with Crippen molar-refractivity contribution in [3.8, 4) is 11.5 Å². The molecule has 7 heteroatoms. The fourth-order valence-electron chi connectivity index (χ4n) is 3.46. The number of aliphatic imine (C=N–C) groups is 1. The van der Waals surface area contributed by atoms with Crippen molar-refractivity contribution in [3.05, 3.63) is 53.8 Å². The first-order valence-electron chi connectivity index (χ1n) is 10.0. The number of phenols is 1. The zero-order chi connectivity index (χ0) is 20.6. The van der Waals surface area contributed by atoms with Crippen LogP contribution >= 0.6 is 0 Å². The number of aromatic hydroxyl groups is 1. The van der Waals surface area contributed by atoms with Crippen molar-refractivity contribution in [1.82, 2.24) is 10.2 Å². The fraction of sp³-hybridized carbons (Fsp3) is 0.409. The number of nitrogens with one attached hydrogen (secondary N) is 1. The van der Waals surface area contributed by atoms with Gasteiger partial charge in [-0.2, -0.15) is 0 Å². The van der Waals surface area contributed by atoms with Gasteiger partial charge in [0.15, 0.2) is 5.96 Å². The molecule has 2 aromatic rings. The van der Waals surface area contributed by atoms with Gasteiger partial charge in [0.2, 0.25) is 0 Å². The van der Waals surface area contributed by atoms with E-state index in [9.17, 15) is 9.50 Å². The molecular weight excluding hydrogens is 371 g/mol. The molecular formula is C22H29FN4O2. The van der Waals surface area contributed by atoms with Gasteiger partial charge in [0, 0.05) is 45.3 Å². The summed E-state index contributed by atoms with van der Waals surface area (Å²) in [7, 11) is 1.58. The number of phenolic OH excluding ortho intramolecular Hbond substituents is 1. The highest BCUT2D eigenvalue weighted by Crippen LogP contribution is 2.24. The van der Waals surface area contributed by atoms with E-state index in [0.29, 0.717) is 24.4 Å². The smallest absolute Gasteiger partial charge is 0.194 e. The quantitative estimate of drug-likeness (QED) is 0.577. The van der Waals surface area contributed by atoms with Crippen molar-refractivity contribution in [2.75, 3.05) is 51.3 Å². The predicted octanol–water partition coefficient (Wildman–Crippen LogP) is 2.87. The highest BCUT2D eigenvalue weighted by molar-refractivity contribution is 5.80. The normalized spacial score (nSPS) is 14.8. The number of hydrogen-bond donors (Lipinski definition) is 2. The fourth-order valence-corrected chi connectivity index (χ4v) is 3.46. The Balaban J connectivity index is 1.59. The number of hydrogen-bond acceptors (Lipinski definition) is 4. The Labute approximate surface area is 171 Å². The molecule has 0 spiro atoms. The maximum absolute atomic E-state index is 14.0. The first kappa shape index (κ1) is 20.8. The first-order valence-corrected chi connectivity index (χ1v) is 10.0. The van der Waals surface area contributed by atoms with E-state index in [1.807, 2.05) is 31.2 Å². The predicted molar refractivity (Wildman–Crippen MR) is 115 cm³/mol. The van der Waals surface area contributed by atoms with Crippen LogP contribution in [0.4, 0.5) is 10.1 Å². The summed E-state index contributed by atoms with van der Waals surface area (Å²) in [5.41, 5.74) is 1.50. The number of methoxy groups -OCH3 is 1. The lowest BCUT2D eigenvalue weighted by atomic mass is 10.1. The van der Waals surface area contributed by atoms with Gasteiger partial charge >= 0.3 is 0 Å². The van der Waals surface area contributed by atoms with E-state index in [1.165, 1.54) is 6.07 Å². The molecule has 3 rings (SSSR count). The van der Waals surface area contributed by atoms with Gasteiger partial charge in [0.1, 0.15) is 17.3 Å². The van der Waals surface area contributed by atoms with Crippen LogP contribution in [0.5, 0.6) is 11.5 Å². The van der Waals surface area contributed by atoms with Crippen LogP contribution in [-0.2, 0) is 6.42 Å². The summed E-state index contributed by atoms with van der Waals surface area (Å²) in [6, 6.07) is 12.2. The maximum atomic E-state index is 14.0. The molecule has 2 aromatic carbocycles. The SMILES string of the molecule is CCNC(=NCCc1ccc(OC)cc1O)N1CCN(c2ccccc2F)CC1. The molecule has 0 saturated carbocycles. The average molecular weight is 400 g/mol. The van der Waals surface area contributed by atoms with Crippen LogP contribution < -0.4 is 15.0 Å². The highest BCUT2D eigenvalue weighted by atomic mass is 19.1. The molecule has 0 atom stereocenters. The second kappa shape index (κ2) is 10.0. The Morgan fingerprint density at radius 2 is 1.93 bits per heavy atom. The van der Waals surface area contributed by atoms with Crippen LogP contribution in [0, 0.1) is 5.82 Å². The van der Waals surface area contributed by atoms with E-state index in [1.54, 1.807) is 19.2 Å². The molecule has 1 fully saturated rings. The van der Waals surface area contributed by atoms with Gasteiger partial charge in [0.25, 0.3) is 0 Å². The Morgan fingerprint density at radius 3 is 2.59 bits per heavy atom. The summed E-state index contributed by atoms with van der Waals surface area (Å²) in [6.45, 7) is 6.41. The summed E-state index contributed by atoms with van der Waals surface area (Å²) in [5, 5.41) is 13.4. The first-order chi connectivity index (χ1) is 14.1. The molecule has 0 aromatic heterocycles. The zero-order valence-electron chi connectivity index (χ0n) is 17.1. The molecule has 156 valence electrons. The van der Waals surface area contributed by atoms with Crippen molar-refractivity contribution in [2.45, 2.75) is 13.3 Å². The van der Waals surface area contributed by atoms with Gasteiger partial charge in [-0.25, -0.2) is 4.39 Å². The standard InChI is InChI=1S/C22H29FN4O2/c1-3-24-22(25-11-10-17-8-9-18(29-2)16-21(17)28)27-14-12-26(13-15-27)20-7-5-4-6-19(20)23/h4-9,16,28H,3,10-15H2,1-2H3,(H,24,25). The van der Waals surface area contributed by atoms with Gasteiger partial charge in [-0.15, -0.1) is 0 Å². The molecule has 1 aliphatic rings. The maximum Gasteiger partial charge on any atom is 0.194 e. The molecule has 1 aliphatic heterocycles. The van der Waals surface area contributed by atoms with E-state index >= 15 is 0 Å². The Kier molecular flexibility index (Phi) is 7.16. The second-order valence-electron chi connectivity index (χ2n) is 6.91. The average Bonchev–Trinajstić information content (AvgIpc) is 2.74. The van der Waals surface area contributed by atoms with Crippen LogP contribution in [0.3, 0.4) is 0 Å². The van der Waals surface area contributed by atoms with Crippen LogP contribution in [0.1, 0.15) is 12.5 Å². The molecule has 1 saturated heterocycles. The van der Waals surface area contributed by atoms with Crippen LogP contribution in [0.25, 0.3) is 0 Å². The molecule has 0 amide bonds. The number of rotatable bonds is 6. The van der Waals surface area contributed by atoms with Crippen molar-refractivity contribution in [1.29, 1.82) is 0 Å². The molecule has 0 bridgehead atoms. The molecule has 29 heavy (non-hydrogen) atoms. The monoisotopic (exact) mass is 400 g/mol. The minimum absolute atomic E-state index is 0.180. The van der Waals surface area contributed by atoms with Crippen molar-refractivity contribution < 1.29 is 14.2 Å². The third-order valence-electron chi connectivity index (χ3n) is 5.04. The van der Waals surface area contributed by atoms with Crippen molar-refractivity contribution in [3.63, 3.8) is 0 Å². The summed E-state index contributed by atoms with van der Waals surface area (Å²) >= 11 is 0. The minimum atomic E-state index is -0.180. The lowest BCUT2D eigenvalue weighted by molar-refractivity contribution is 0.371. The molecule has 0 unspecified atom stereocenters. The minimum Gasteiger partial charge on any atom is -0.508 e. The number of para-hydroxylation sites is 1. The van der Waals surface area contributed by atoms with E-state index in [-0.39, 0.29) is 11.6 Å². The number of halogens is 1.